The number of phenols is 1. The Bertz CT molecular complexity index is 601. The molecule has 1 rings (SSSR count). The van der Waals surface area contributed by atoms with Crippen molar-refractivity contribution in [3.05, 3.63) is 23.8 Å². The smallest absolute Gasteiger partial charge is 0.253 e. The number of hydrogen-bond donors (Lipinski definition) is 3. The monoisotopic (exact) mass is 315 g/mol. The molecule has 0 atom stereocenters. The lowest BCUT2D eigenvalue weighted by molar-refractivity contribution is 0.0953. The van der Waals surface area contributed by atoms with Crippen LogP contribution in [0.1, 0.15) is 23.7 Å². The van der Waals surface area contributed by atoms with Crippen LogP contribution in [0.25, 0.3) is 0 Å². The molecule has 0 radical (unpaired) electrons. The molecule has 1 aromatic carbocycles. The van der Waals surface area contributed by atoms with Crippen LogP contribution < -0.4 is 11.1 Å². The Labute approximate surface area is 124 Å². The van der Waals surface area contributed by atoms with Gasteiger partial charge in [0, 0.05) is 25.3 Å². The summed E-state index contributed by atoms with van der Waals surface area (Å²) in [5, 5.41) is 12.0. The topological polar surface area (TPSA) is 113 Å². The number of nitrogens with zero attached hydrogens (tertiary/aromatic N) is 1. The summed E-state index contributed by atoms with van der Waals surface area (Å²) in [6.45, 7) is 2.81. The molecule has 0 fully saturated rings. The largest absolute Gasteiger partial charge is 0.508 e. The van der Waals surface area contributed by atoms with Crippen molar-refractivity contribution >= 4 is 21.6 Å². The number of nitrogens with two attached hydrogens (primary N) is 1. The van der Waals surface area contributed by atoms with Gasteiger partial charge in [-0.2, -0.15) is 0 Å². The number of carbonyl (C=O) groups excluding carboxylic acids is 1. The van der Waals surface area contributed by atoms with Gasteiger partial charge in [0.2, 0.25) is 10.0 Å². The van der Waals surface area contributed by atoms with Gasteiger partial charge in [0.05, 0.1) is 11.8 Å². The van der Waals surface area contributed by atoms with Crippen molar-refractivity contribution in [2.45, 2.75) is 13.3 Å². The zero-order valence-corrected chi connectivity index (χ0v) is 13.0. The molecule has 21 heavy (non-hydrogen) atoms. The summed E-state index contributed by atoms with van der Waals surface area (Å²) >= 11 is 0. The predicted octanol–water partition coefficient (Wildman–Crippen LogP) is 0.376. The summed E-state index contributed by atoms with van der Waals surface area (Å²) in [4.78, 5) is 11.9. The van der Waals surface area contributed by atoms with Crippen molar-refractivity contribution in [2.75, 3.05) is 31.6 Å². The number of aromatic hydroxyl groups is 1. The van der Waals surface area contributed by atoms with Gasteiger partial charge in [-0.25, -0.2) is 12.7 Å². The van der Waals surface area contributed by atoms with Gasteiger partial charge in [-0.1, -0.05) is 6.92 Å². The third kappa shape index (κ3) is 5.24. The molecular weight excluding hydrogens is 294 g/mol. The third-order valence-electron chi connectivity index (χ3n) is 2.97. The first-order valence-corrected chi connectivity index (χ1v) is 8.42. The number of amides is 1. The lowest BCUT2D eigenvalue weighted by atomic mass is 10.1. The minimum Gasteiger partial charge on any atom is -0.508 e. The Morgan fingerprint density at radius 1 is 1.43 bits per heavy atom. The molecule has 0 aromatic heterocycles. The Kier molecular flexibility index (Phi) is 5.98. The standard InChI is InChI=1S/C13H21N3O4S/c1-3-16(21(2,19)20)8-4-7-15-13(18)11-9-10(17)5-6-12(11)14/h5-6,9,17H,3-4,7-8,14H2,1-2H3,(H,15,18). The number of nitrogens with one attached hydrogen (secondary N) is 1. The van der Waals surface area contributed by atoms with Crippen molar-refractivity contribution < 1.29 is 18.3 Å². The molecule has 0 aliphatic carbocycles. The zero-order chi connectivity index (χ0) is 16.0. The molecule has 0 unspecified atom stereocenters. The highest BCUT2D eigenvalue weighted by Crippen LogP contribution is 2.18. The van der Waals surface area contributed by atoms with Crippen LogP contribution >= 0.6 is 0 Å². The highest BCUT2D eigenvalue weighted by molar-refractivity contribution is 7.88. The molecule has 118 valence electrons. The van der Waals surface area contributed by atoms with Crippen molar-refractivity contribution in [2.24, 2.45) is 0 Å². The molecule has 0 heterocycles. The van der Waals surface area contributed by atoms with Crippen LogP contribution in [0, 0.1) is 0 Å². The fourth-order valence-electron chi connectivity index (χ4n) is 1.85. The van der Waals surface area contributed by atoms with Crippen LogP contribution in [-0.2, 0) is 10.0 Å². The maximum Gasteiger partial charge on any atom is 0.253 e. The van der Waals surface area contributed by atoms with Crippen LogP contribution in [0.5, 0.6) is 5.75 Å². The number of phenolic OH excluding ortho intramolecular Hbond substituents is 1. The van der Waals surface area contributed by atoms with Gasteiger partial charge in [-0.05, 0) is 24.6 Å². The summed E-state index contributed by atoms with van der Waals surface area (Å²) in [5.41, 5.74) is 6.14. The van der Waals surface area contributed by atoms with E-state index >= 15 is 0 Å². The molecule has 0 bridgehead atoms. The summed E-state index contributed by atoms with van der Waals surface area (Å²) in [5.74, 6) is -0.436. The number of rotatable bonds is 7. The van der Waals surface area contributed by atoms with Crippen molar-refractivity contribution in [3.63, 3.8) is 0 Å². The number of sulfonamides is 1. The van der Waals surface area contributed by atoms with E-state index in [1.165, 1.54) is 22.5 Å². The normalized spacial score (nSPS) is 11.6. The Hall–Kier alpha value is -1.80. The lowest BCUT2D eigenvalue weighted by Crippen LogP contribution is -2.33. The van der Waals surface area contributed by atoms with Crippen LogP contribution in [0.4, 0.5) is 5.69 Å². The fraction of sp³-hybridized carbons (Fsp3) is 0.462. The average molecular weight is 315 g/mol. The Morgan fingerprint density at radius 3 is 2.67 bits per heavy atom. The van der Waals surface area contributed by atoms with Gasteiger partial charge in [-0.3, -0.25) is 4.79 Å². The quantitative estimate of drug-likeness (QED) is 0.382. The van der Waals surface area contributed by atoms with E-state index in [2.05, 4.69) is 5.32 Å². The first-order chi connectivity index (χ1) is 9.75. The third-order valence-corrected chi connectivity index (χ3v) is 4.35. The first-order valence-electron chi connectivity index (χ1n) is 6.57. The van der Waals surface area contributed by atoms with Gasteiger partial charge < -0.3 is 16.2 Å². The molecule has 4 N–H and O–H groups in total. The molecule has 0 spiro atoms. The van der Waals surface area contributed by atoms with E-state index in [1.807, 2.05) is 0 Å². The number of anilines is 1. The van der Waals surface area contributed by atoms with Crippen molar-refractivity contribution in [3.8, 4) is 5.75 Å². The van der Waals surface area contributed by atoms with Gasteiger partial charge in [-0.15, -0.1) is 0 Å². The average Bonchev–Trinajstić information content (AvgIpc) is 2.39. The summed E-state index contributed by atoms with van der Waals surface area (Å²) in [6, 6.07) is 4.14. The van der Waals surface area contributed by atoms with Crippen LogP contribution in [0.3, 0.4) is 0 Å². The molecule has 8 heteroatoms. The number of carbonyl (C=O) groups is 1. The maximum absolute atomic E-state index is 11.9. The van der Waals surface area contributed by atoms with E-state index in [-0.39, 0.29) is 17.0 Å². The van der Waals surface area contributed by atoms with E-state index in [0.717, 1.165) is 6.26 Å². The molecule has 1 aromatic rings. The molecule has 7 nitrogen and oxygen atoms in total. The highest BCUT2D eigenvalue weighted by atomic mass is 32.2. The molecule has 1 amide bonds. The molecular formula is C13H21N3O4S. The van der Waals surface area contributed by atoms with Gasteiger partial charge in [0.1, 0.15) is 5.75 Å². The fourth-order valence-corrected chi connectivity index (χ4v) is 2.78. The van der Waals surface area contributed by atoms with Gasteiger partial charge in [0.25, 0.3) is 5.91 Å². The summed E-state index contributed by atoms with van der Waals surface area (Å²) in [7, 11) is -3.21. The maximum atomic E-state index is 11.9. The minimum atomic E-state index is -3.21. The van der Waals surface area contributed by atoms with Crippen LogP contribution in [-0.4, -0.2) is 49.6 Å². The lowest BCUT2D eigenvalue weighted by Gasteiger charge is -2.17. The van der Waals surface area contributed by atoms with Gasteiger partial charge >= 0.3 is 0 Å². The van der Waals surface area contributed by atoms with E-state index in [9.17, 15) is 18.3 Å². The Morgan fingerprint density at radius 2 is 2.10 bits per heavy atom. The number of benzene rings is 1. The van der Waals surface area contributed by atoms with Crippen LogP contribution in [0.2, 0.25) is 0 Å². The van der Waals surface area contributed by atoms with Crippen LogP contribution in [0.15, 0.2) is 18.2 Å². The summed E-state index contributed by atoms with van der Waals surface area (Å²) in [6.07, 6.45) is 1.65. The van der Waals surface area contributed by atoms with Gasteiger partial charge in [0.15, 0.2) is 0 Å². The first kappa shape index (κ1) is 17.3. The SMILES string of the molecule is CCN(CCCNC(=O)c1cc(O)ccc1N)S(C)(=O)=O. The highest BCUT2D eigenvalue weighted by Gasteiger charge is 2.14. The van der Waals surface area contributed by atoms with E-state index in [0.29, 0.717) is 26.1 Å². The second-order valence-electron chi connectivity index (χ2n) is 4.64. The van der Waals surface area contributed by atoms with E-state index < -0.39 is 15.9 Å². The number of hydrogen-bond acceptors (Lipinski definition) is 5. The Balaban J connectivity index is 2.49. The second kappa shape index (κ2) is 7.28. The molecule has 0 aliphatic rings. The number of nitrogen functional groups attached to an aromatic ring is 1. The predicted molar refractivity (Wildman–Crippen MR) is 81.6 cm³/mol. The molecule has 0 saturated carbocycles. The molecule has 0 saturated heterocycles. The van der Waals surface area contributed by atoms with E-state index in [1.54, 1.807) is 6.92 Å². The zero-order valence-electron chi connectivity index (χ0n) is 12.2. The second-order valence-corrected chi connectivity index (χ2v) is 6.62. The van der Waals surface area contributed by atoms with E-state index in [4.69, 9.17) is 5.73 Å². The molecule has 0 aliphatic heterocycles. The van der Waals surface area contributed by atoms with Crippen molar-refractivity contribution in [1.82, 2.24) is 9.62 Å². The summed E-state index contributed by atoms with van der Waals surface area (Å²) < 4.78 is 24.1. The van der Waals surface area contributed by atoms with Crippen molar-refractivity contribution in [1.29, 1.82) is 0 Å². The minimum absolute atomic E-state index is 0.0383.